The molecule has 1 unspecified atom stereocenters. The number of imidazole rings is 1. The van der Waals surface area contributed by atoms with Crippen molar-refractivity contribution < 1.29 is 14.7 Å². The van der Waals surface area contributed by atoms with Gasteiger partial charge in [0.2, 0.25) is 5.91 Å². The molecule has 6 nitrogen and oxygen atoms in total. The summed E-state index contributed by atoms with van der Waals surface area (Å²) in [7, 11) is 0. The molecule has 20 heavy (non-hydrogen) atoms. The summed E-state index contributed by atoms with van der Waals surface area (Å²) in [4.78, 5) is 26.0. The first kappa shape index (κ1) is 16.6. The summed E-state index contributed by atoms with van der Waals surface area (Å²) in [6.07, 6.45) is 4.04. The van der Waals surface area contributed by atoms with Gasteiger partial charge in [0, 0.05) is 30.6 Å². The predicted octanol–water partition coefficient (Wildman–Crippen LogP) is 1.68. The molecule has 1 heterocycles. The normalized spacial score (nSPS) is 12.4. The number of hydrogen-bond acceptors (Lipinski definition) is 4. The van der Waals surface area contributed by atoms with Gasteiger partial charge in [0.15, 0.2) is 0 Å². The highest BCUT2D eigenvalue weighted by molar-refractivity contribution is 7.98. The number of carboxylic acids is 1. The SMILES string of the molecule is CC(=O)NC(CCSCc1cncn1C(C)C)C(=O)O. The van der Waals surface area contributed by atoms with Crippen molar-refractivity contribution in [2.24, 2.45) is 0 Å². The quantitative estimate of drug-likeness (QED) is 0.713. The summed E-state index contributed by atoms with van der Waals surface area (Å²) in [5.74, 6) is 0.138. The smallest absolute Gasteiger partial charge is 0.326 e. The first-order chi connectivity index (χ1) is 9.41. The van der Waals surface area contributed by atoms with Crippen LogP contribution in [0.2, 0.25) is 0 Å². The van der Waals surface area contributed by atoms with Crippen molar-refractivity contribution in [1.82, 2.24) is 14.9 Å². The lowest BCUT2D eigenvalue weighted by molar-refractivity contribution is -0.141. The predicted molar refractivity (Wildman–Crippen MR) is 78.6 cm³/mol. The van der Waals surface area contributed by atoms with Crippen LogP contribution < -0.4 is 5.32 Å². The lowest BCUT2D eigenvalue weighted by Gasteiger charge is -2.14. The molecule has 0 fully saturated rings. The van der Waals surface area contributed by atoms with Gasteiger partial charge in [-0.15, -0.1) is 0 Å². The average Bonchev–Trinajstić information content (AvgIpc) is 2.80. The van der Waals surface area contributed by atoms with E-state index in [1.54, 1.807) is 18.1 Å². The van der Waals surface area contributed by atoms with E-state index in [4.69, 9.17) is 5.11 Å². The summed E-state index contributed by atoms with van der Waals surface area (Å²) < 4.78 is 2.09. The molecule has 0 aliphatic heterocycles. The monoisotopic (exact) mass is 299 g/mol. The van der Waals surface area contributed by atoms with E-state index < -0.39 is 12.0 Å². The van der Waals surface area contributed by atoms with E-state index in [0.717, 1.165) is 11.4 Å². The number of aromatic nitrogens is 2. The average molecular weight is 299 g/mol. The maximum absolute atomic E-state index is 11.0. The van der Waals surface area contributed by atoms with Crippen molar-refractivity contribution in [2.75, 3.05) is 5.75 Å². The van der Waals surface area contributed by atoms with Gasteiger partial charge in [-0.25, -0.2) is 9.78 Å². The summed E-state index contributed by atoms with van der Waals surface area (Å²) in [5, 5.41) is 11.4. The van der Waals surface area contributed by atoms with Gasteiger partial charge in [0.05, 0.1) is 6.33 Å². The molecule has 0 aliphatic carbocycles. The molecule has 0 saturated carbocycles. The zero-order valence-electron chi connectivity index (χ0n) is 12.0. The maximum Gasteiger partial charge on any atom is 0.326 e. The fraction of sp³-hybridized carbons (Fsp3) is 0.615. The van der Waals surface area contributed by atoms with Crippen LogP contribution in [0, 0.1) is 0 Å². The highest BCUT2D eigenvalue weighted by Crippen LogP contribution is 2.17. The fourth-order valence-electron chi connectivity index (χ4n) is 1.79. The van der Waals surface area contributed by atoms with Gasteiger partial charge in [0.25, 0.3) is 0 Å². The Labute approximate surface area is 123 Å². The topological polar surface area (TPSA) is 84.2 Å². The number of rotatable bonds is 8. The summed E-state index contributed by atoms with van der Waals surface area (Å²) >= 11 is 1.64. The molecule has 0 saturated heterocycles. The van der Waals surface area contributed by atoms with Crippen LogP contribution in [0.15, 0.2) is 12.5 Å². The molecule has 0 aromatic carbocycles. The molecular formula is C13H21N3O3S. The van der Waals surface area contributed by atoms with Crippen molar-refractivity contribution in [3.8, 4) is 0 Å². The van der Waals surface area contributed by atoms with Gasteiger partial charge in [-0.05, 0) is 26.0 Å². The number of carbonyl (C=O) groups excluding carboxylic acids is 1. The van der Waals surface area contributed by atoms with Crippen LogP contribution in [0.3, 0.4) is 0 Å². The largest absolute Gasteiger partial charge is 0.480 e. The summed E-state index contributed by atoms with van der Waals surface area (Å²) in [5.41, 5.74) is 1.12. The number of nitrogens with one attached hydrogen (secondary N) is 1. The molecule has 1 aromatic heterocycles. The Bertz CT molecular complexity index is 459. The second-order valence-corrected chi connectivity index (χ2v) is 5.92. The van der Waals surface area contributed by atoms with Gasteiger partial charge >= 0.3 is 5.97 Å². The first-order valence-corrected chi connectivity index (χ1v) is 7.65. The number of amides is 1. The molecular weight excluding hydrogens is 278 g/mol. The van der Waals surface area contributed by atoms with Crippen molar-refractivity contribution >= 4 is 23.6 Å². The number of carbonyl (C=O) groups is 2. The van der Waals surface area contributed by atoms with Crippen LogP contribution >= 0.6 is 11.8 Å². The number of aliphatic carboxylic acids is 1. The minimum atomic E-state index is -0.993. The van der Waals surface area contributed by atoms with Crippen LogP contribution in [0.25, 0.3) is 0 Å². The third-order valence-corrected chi connectivity index (χ3v) is 3.80. The third-order valence-electron chi connectivity index (χ3n) is 2.78. The van der Waals surface area contributed by atoms with Crippen molar-refractivity contribution in [3.05, 3.63) is 18.2 Å². The Morgan fingerprint density at radius 2 is 2.20 bits per heavy atom. The number of nitrogens with zero attached hydrogens (tertiary/aromatic N) is 2. The Morgan fingerprint density at radius 1 is 1.50 bits per heavy atom. The molecule has 0 aliphatic rings. The van der Waals surface area contributed by atoms with E-state index in [0.29, 0.717) is 18.2 Å². The Balaban J connectivity index is 2.38. The van der Waals surface area contributed by atoms with E-state index >= 15 is 0 Å². The molecule has 1 atom stereocenters. The number of hydrogen-bond donors (Lipinski definition) is 2. The molecule has 112 valence electrons. The standard InChI is InChI=1S/C13H21N3O3S/c1-9(2)16-8-14-6-11(16)7-20-5-4-12(13(18)19)15-10(3)17/h6,8-9,12H,4-5,7H2,1-3H3,(H,15,17)(H,18,19). The Hall–Kier alpha value is -1.50. The van der Waals surface area contributed by atoms with Gasteiger partial charge in [-0.2, -0.15) is 11.8 Å². The van der Waals surface area contributed by atoms with Crippen LogP contribution in [0.5, 0.6) is 0 Å². The molecule has 0 bridgehead atoms. The number of thioether (sulfide) groups is 1. The molecule has 1 aromatic rings. The van der Waals surface area contributed by atoms with Crippen molar-refractivity contribution in [1.29, 1.82) is 0 Å². The molecule has 0 spiro atoms. The maximum atomic E-state index is 11.0. The van der Waals surface area contributed by atoms with Crippen LogP contribution in [0.4, 0.5) is 0 Å². The zero-order valence-corrected chi connectivity index (χ0v) is 12.8. The van der Waals surface area contributed by atoms with Crippen molar-refractivity contribution in [2.45, 2.75) is 45.0 Å². The van der Waals surface area contributed by atoms with Gasteiger partial charge < -0.3 is 15.0 Å². The zero-order chi connectivity index (χ0) is 15.1. The summed E-state index contributed by atoms with van der Waals surface area (Å²) in [6, 6.07) is -0.450. The first-order valence-electron chi connectivity index (χ1n) is 6.50. The van der Waals surface area contributed by atoms with E-state index in [-0.39, 0.29) is 5.91 Å². The lowest BCUT2D eigenvalue weighted by atomic mass is 10.2. The van der Waals surface area contributed by atoms with Crippen LogP contribution in [-0.2, 0) is 15.3 Å². The van der Waals surface area contributed by atoms with E-state index in [2.05, 4.69) is 28.7 Å². The van der Waals surface area contributed by atoms with E-state index in [1.165, 1.54) is 6.92 Å². The summed E-state index contributed by atoms with van der Waals surface area (Å²) in [6.45, 7) is 5.50. The van der Waals surface area contributed by atoms with Crippen LogP contribution in [-0.4, -0.2) is 38.3 Å². The second kappa shape index (κ2) is 7.94. The van der Waals surface area contributed by atoms with Gasteiger partial charge in [-0.1, -0.05) is 0 Å². The number of carboxylic acid groups (broad SMARTS) is 1. The van der Waals surface area contributed by atoms with Crippen LogP contribution in [0.1, 0.15) is 38.9 Å². The minimum absolute atomic E-state index is 0.319. The second-order valence-electron chi connectivity index (χ2n) is 4.82. The van der Waals surface area contributed by atoms with Gasteiger partial charge in [-0.3, -0.25) is 4.79 Å². The molecule has 0 radical (unpaired) electrons. The Morgan fingerprint density at radius 3 is 2.75 bits per heavy atom. The fourth-order valence-corrected chi connectivity index (χ4v) is 2.77. The molecule has 2 N–H and O–H groups in total. The van der Waals surface area contributed by atoms with E-state index in [9.17, 15) is 9.59 Å². The van der Waals surface area contributed by atoms with Gasteiger partial charge in [0.1, 0.15) is 6.04 Å². The molecule has 1 amide bonds. The lowest BCUT2D eigenvalue weighted by Crippen LogP contribution is -2.39. The third kappa shape index (κ3) is 5.24. The van der Waals surface area contributed by atoms with E-state index in [1.807, 2.05) is 6.20 Å². The Kier molecular flexibility index (Phi) is 6.57. The minimum Gasteiger partial charge on any atom is -0.480 e. The highest BCUT2D eigenvalue weighted by Gasteiger charge is 2.17. The molecule has 1 rings (SSSR count). The molecule has 7 heteroatoms. The van der Waals surface area contributed by atoms with Crippen molar-refractivity contribution in [3.63, 3.8) is 0 Å². The highest BCUT2D eigenvalue weighted by atomic mass is 32.2.